The number of nitrogens with zero attached hydrogens (tertiary/aromatic N) is 2. The predicted octanol–water partition coefficient (Wildman–Crippen LogP) is 3.01. The summed E-state index contributed by atoms with van der Waals surface area (Å²) in [6.07, 6.45) is 2.93. The second-order valence-electron chi connectivity index (χ2n) is 10.7. The first-order valence-electron chi connectivity index (χ1n) is 9.59. The lowest BCUT2D eigenvalue weighted by molar-refractivity contribution is -0.113. The van der Waals surface area contributed by atoms with Crippen LogP contribution in [0.3, 0.4) is 0 Å². The molecule has 4 nitrogen and oxygen atoms in total. The lowest BCUT2D eigenvalue weighted by Gasteiger charge is -2.58. The zero-order chi connectivity index (χ0) is 18.6. The average Bonchev–Trinajstić information content (AvgIpc) is 2.26. The van der Waals surface area contributed by atoms with Gasteiger partial charge in [-0.25, -0.2) is 0 Å². The van der Waals surface area contributed by atoms with Crippen LogP contribution in [0.15, 0.2) is 0 Å². The summed E-state index contributed by atoms with van der Waals surface area (Å²) in [5, 5.41) is 20.5. The van der Waals surface area contributed by atoms with Gasteiger partial charge in [0.1, 0.15) is 0 Å². The normalized spacial score (nSPS) is 31.2. The van der Waals surface area contributed by atoms with E-state index in [1.807, 2.05) is 0 Å². The molecule has 0 unspecified atom stereocenters. The van der Waals surface area contributed by atoms with E-state index in [0.29, 0.717) is 0 Å². The lowest BCUT2D eigenvalue weighted by atomic mass is 9.77. The molecule has 2 aliphatic heterocycles. The minimum Gasteiger partial charge on any atom is -0.393 e. The van der Waals surface area contributed by atoms with Crippen molar-refractivity contribution in [2.24, 2.45) is 0 Å². The van der Waals surface area contributed by atoms with E-state index in [-0.39, 0.29) is 34.4 Å². The Hall–Kier alpha value is -0.160. The summed E-state index contributed by atoms with van der Waals surface area (Å²) >= 11 is 0. The summed E-state index contributed by atoms with van der Waals surface area (Å²) in [4.78, 5) is 5.17. The van der Waals surface area contributed by atoms with Crippen LogP contribution < -0.4 is 0 Å². The molecule has 0 saturated carbocycles. The van der Waals surface area contributed by atoms with Crippen molar-refractivity contribution < 1.29 is 10.2 Å². The molecule has 2 saturated heterocycles. The van der Waals surface area contributed by atoms with Gasteiger partial charge in [0.25, 0.3) is 0 Å². The summed E-state index contributed by atoms with van der Waals surface area (Å²) in [5.41, 5.74) is 0.0189. The summed E-state index contributed by atoms with van der Waals surface area (Å²) < 4.78 is 0. The van der Waals surface area contributed by atoms with Gasteiger partial charge >= 0.3 is 0 Å². The van der Waals surface area contributed by atoms with E-state index < -0.39 is 0 Å². The van der Waals surface area contributed by atoms with Crippen LogP contribution in [0.25, 0.3) is 0 Å². The third kappa shape index (κ3) is 3.98. The van der Waals surface area contributed by atoms with Crippen LogP contribution in [0.4, 0.5) is 0 Å². The maximum Gasteiger partial charge on any atom is 0.0575 e. The zero-order valence-corrected chi connectivity index (χ0v) is 17.2. The van der Waals surface area contributed by atoms with Gasteiger partial charge in [0.05, 0.1) is 12.2 Å². The summed E-state index contributed by atoms with van der Waals surface area (Å²) in [6, 6.07) is 0. The molecule has 2 fully saturated rings. The monoisotopic (exact) mass is 340 g/mol. The van der Waals surface area contributed by atoms with Gasteiger partial charge in [-0.2, -0.15) is 0 Å². The van der Waals surface area contributed by atoms with Crippen molar-refractivity contribution in [2.45, 2.75) is 115 Å². The maximum atomic E-state index is 10.2. The van der Waals surface area contributed by atoms with Crippen molar-refractivity contribution in [3.05, 3.63) is 0 Å². The predicted molar refractivity (Wildman–Crippen MR) is 100 cm³/mol. The smallest absolute Gasteiger partial charge is 0.0575 e. The van der Waals surface area contributed by atoms with E-state index in [9.17, 15) is 10.2 Å². The van der Waals surface area contributed by atoms with E-state index >= 15 is 0 Å². The molecule has 2 N–H and O–H groups in total. The fourth-order valence-corrected chi connectivity index (χ4v) is 5.94. The molecule has 0 aromatic rings. The van der Waals surface area contributed by atoms with Gasteiger partial charge < -0.3 is 10.2 Å². The van der Waals surface area contributed by atoms with Gasteiger partial charge in [0.2, 0.25) is 0 Å². The molecule has 4 heteroatoms. The Morgan fingerprint density at radius 3 is 1.00 bits per heavy atom. The molecule has 24 heavy (non-hydrogen) atoms. The van der Waals surface area contributed by atoms with Crippen molar-refractivity contribution in [3.8, 4) is 0 Å². The van der Waals surface area contributed by atoms with E-state index in [0.717, 1.165) is 38.8 Å². The van der Waals surface area contributed by atoms with Crippen LogP contribution in [0, 0.1) is 0 Å². The Labute approximate surface area is 149 Å². The number of piperidine rings is 2. The maximum absolute atomic E-state index is 10.2. The van der Waals surface area contributed by atoms with Gasteiger partial charge in [-0.3, -0.25) is 9.80 Å². The molecule has 0 aromatic carbocycles. The number of hydrogen-bond acceptors (Lipinski definition) is 4. The Morgan fingerprint density at radius 1 is 0.583 bits per heavy atom. The molecule has 0 aliphatic carbocycles. The molecular weight excluding hydrogens is 300 g/mol. The summed E-state index contributed by atoms with van der Waals surface area (Å²) in [6.45, 7) is 20.0. The van der Waals surface area contributed by atoms with Crippen molar-refractivity contribution in [3.63, 3.8) is 0 Å². The zero-order valence-electron chi connectivity index (χ0n) is 17.2. The Kier molecular flexibility index (Phi) is 5.23. The summed E-state index contributed by atoms with van der Waals surface area (Å²) in [7, 11) is 0. The van der Waals surface area contributed by atoms with E-state index in [1.165, 1.54) is 0 Å². The molecule has 0 atom stereocenters. The topological polar surface area (TPSA) is 46.9 Å². The lowest BCUT2D eigenvalue weighted by Crippen LogP contribution is -2.66. The highest BCUT2D eigenvalue weighted by molar-refractivity contribution is 5.03. The fraction of sp³-hybridized carbons (Fsp3) is 1.00. The van der Waals surface area contributed by atoms with Gasteiger partial charge in [-0.1, -0.05) is 0 Å². The molecule has 0 aromatic heterocycles. The van der Waals surface area contributed by atoms with Crippen molar-refractivity contribution in [1.29, 1.82) is 0 Å². The van der Waals surface area contributed by atoms with E-state index in [2.05, 4.69) is 65.2 Å². The molecule has 2 rings (SSSR count). The minimum absolute atomic E-state index is 0.00472. The SMILES string of the molecule is CC1(C)CC(O)CC(C)(C)N1CCN1C(C)(C)CC(O)CC1(C)C. The molecule has 0 radical (unpaired) electrons. The first-order chi connectivity index (χ1) is 10.7. The van der Waals surface area contributed by atoms with Crippen LogP contribution in [0.1, 0.15) is 81.1 Å². The molecular formula is C20H40N2O2. The second kappa shape index (κ2) is 6.22. The first kappa shape index (κ1) is 20.2. The highest BCUT2D eigenvalue weighted by atomic mass is 16.3. The Bertz CT molecular complexity index is 379. The minimum atomic E-state index is -0.204. The second-order valence-corrected chi connectivity index (χ2v) is 10.7. The fourth-order valence-electron chi connectivity index (χ4n) is 5.94. The standard InChI is InChI=1S/C20H40N2O2/c1-17(2)11-15(23)12-18(3,4)21(17)9-10-22-19(5,6)13-16(24)14-20(22,7)8/h15-16,23-24H,9-14H2,1-8H3. The number of hydrogen-bond donors (Lipinski definition) is 2. The van der Waals surface area contributed by atoms with Gasteiger partial charge in [0.15, 0.2) is 0 Å². The van der Waals surface area contributed by atoms with Gasteiger partial charge in [-0.15, -0.1) is 0 Å². The first-order valence-corrected chi connectivity index (χ1v) is 9.59. The number of aliphatic hydroxyl groups excluding tert-OH is 2. The van der Waals surface area contributed by atoms with Crippen molar-refractivity contribution in [2.75, 3.05) is 13.1 Å². The van der Waals surface area contributed by atoms with Crippen LogP contribution in [0.2, 0.25) is 0 Å². The highest BCUT2D eigenvalue weighted by Crippen LogP contribution is 2.41. The average molecular weight is 341 g/mol. The van der Waals surface area contributed by atoms with E-state index in [1.54, 1.807) is 0 Å². The molecule has 142 valence electrons. The van der Waals surface area contributed by atoms with Gasteiger partial charge in [0, 0.05) is 35.2 Å². The van der Waals surface area contributed by atoms with Crippen LogP contribution in [-0.4, -0.2) is 67.5 Å². The molecule has 0 amide bonds. The number of likely N-dealkylation sites (tertiary alicyclic amines) is 2. The third-order valence-corrected chi connectivity index (χ3v) is 6.41. The summed E-state index contributed by atoms with van der Waals surface area (Å²) in [5.74, 6) is 0. The van der Waals surface area contributed by atoms with Crippen LogP contribution in [0.5, 0.6) is 0 Å². The Morgan fingerprint density at radius 2 is 0.792 bits per heavy atom. The molecule has 0 bridgehead atoms. The van der Waals surface area contributed by atoms with Crippen LogP contribution in [-0.2, 0) is 0 Å². The highest BCUT2D eigenvalue weighted by Gasteiger charge is 2.48. The van der Waals surface area contributed by atoms with E-state index in [4.69, 9.17) is 0 Å². The molecule has 2 aliphatic rings. The molecule has 2 heterocycles. The van der Waals surface area contributed by atoms with Crippen molar-refractivity contribution >= 4 is 0 Å². The quantitative estimate of drug-likeness (QED) is 0.829. The van der Waals surface area contributed by atoms with Crippen LogP contribution >= 0.6 is 0 Å². The van der Waals surface area contributed by atoms with Gasteiger partial charge in [-0.05, 0) is 81.1 Å². The number of rotatable bonds is 3. The largest absolute Gasteiger partial charge is 0.393 e. The third-order valence-electron chi connectivity index (χ3n) is 6.41. The Balaban J connectivity index is 2.16. The van der Waals surface area contributed by atoms with Crippen molar-refractivity contribution in [1.82, 2.24) is 9.80 Å². The number of aliphatic hydroxyl groups is 2. The molecule has 0 spiro atoms.